The van der Waals surface area contributed by atoms with Crippen LogP contribution in [0.4, 0.5) is 0 Å². The zero-order valence-corrected chi connectivity index (χ0v) is 12.1. The summed E-state index contributed by atoms with van der Waals surface area (Å²) in [6.07, 6.45) is 1.06. The molecular formula is C15H20N2S. The first-order chi connectivity index (χ1) is 8.70. The van der Waals surface area contributed by atoms with Crippen molar-refractivity contribution in [3.05, 3.63) is 41.0 Å². The molecule has 0 aliphatic heterocycles. The van der Waals surface area contributed by atoms with Crippen molar-refractivity contribution >= 4 is 11.3 Å². The highest BCUT2D eigenvalue weighted by Gasteiger charge is 2.12. The van der Waals surface area contributed by atoms with Crippen LogP contribution in [0.3, 0.4) is 0 Å². The Labute approximate surface area is 113 Å². The van der Waals surface area contributed by atoms with Crippen molar-refractivity contribution in [2.45, 2.75) is 26.8 Å². The summed E-state index contributed by atoms with van der Waals surface area (Å²) in [5.41, 5.74) is 2.44. The molecule has 3 heteroatoms. The summed E-state index contributed by atoms with van der Waals surface area (Å²) in [5, 5.41) is 4.45. The Morgan fingerprint density at radius 2 is 1.94 bits per heavy atom. The monoisotopic (exact) mass is 260 g/mol. The first kappa shape index (κ1) is 13.2. The lowest BCUT2D eigenvalue weighted by molar-refractivity contribution is 0.641. The molecule has 0 aliphatic carbocycles. The van der Waals surface area contributed by atoms with Gasteiger partial charge in [0.2, 0.25) is 0 Å². The van der Waals surface area contributed by atoms with Gasteiger partial charge >= 0.3 is 0 Å². The molecule has 0 saturated heterocycles. The number of nitrogens with one attached hydrogen (secondary N) is 1. The second kappa shape index (κ2) is 6.12. The molecule has 1 N–H and O–H groups in total. The molecule has 0 fully saturated rings. The molecule has 1 heterocycles. The summed E-state index contributed by atoms with van der Waals surface area (Å²) in [4.78, 5) is 6.08. The molecule has 0 radical (unpaired) electrons. The fourth-order valence-corrected chi connectivity index (χ4v) is 3.24. The normalized spacial score (nSPS) is 11.1. The number of hydrogen-bond donors (Lipinski definition) is 1. The number of hydrogen-bond acceptors (Lipinski definition) is 3. The van der Waals surface area contributed by atoms with Gasteiger partial charge in [0.05, 0.1) is 15.6 Å². The van der Waals surface area contributed by atoms with Gasteiger partial charge in [-0.1, -0.05) is 44.2 Å². The molecule has 0 unspecified atom stereocenters. The highest BCUT2D eigenvalue weighted by atomic mass is 32.1. The molecule has 0 spiro atoms. The predicted octanol–water partition coefficient (Wildman–Crippen LogP) is 3.73. The Morgan fingerprint density at radius 3 is 2.56 bits per heavy atom. The number of aromatic nitrogens is 1. The largest absolute Gasteiger partial charge is 0.314 e. The average molecular weight is 260 g/mol. The highest BCUT2D eigenvalue weighted by Crippen LogP contribution is 2.31. The molecule has 2 aromatic rings. The Balaban J connectivity index is 2.35. The topological polar surface area (TPSA) is 24.9 Å². The zero-order chi connectivity index (χ0) is 13.0. The van der Waals surface area contributed by atoms with E-state index in [2.05, 4.69) is 49.5 Å². The lowest BCUT2D eigenvalue weighted by Crippen LogP contribution is -2.06. The maximum absolute atomic E-state index is 4.77. The van der Waals surface area contributed by atoms with Crippen molar-refractivity contribution in [2.24, 2.45) is 5.92 Å². The van der Waals surface area contributed by atoms with Crippen molar-refractivity contribution in [3.63, 3.8) is 0 Å². The van der Waals surface area contributed by atoms with E-state index >= 15 is 0 Å². The molecule has 1 aromatic carbocycles. The van der Waals surface area contributed by atoms with Crippen LogP contribution in [0.25, 0.3) is 10.4 Å². The summed E-state index contributed by atoms with van der Waals surface area (Å²) >= 11 is 1.83. The van der Waals surface area contributed by atoms with Gasteiger partial charge < -0.3 is 5.32 Å². The minimum absolute atomic E-state index is 0.655. The molecule has 2 nitrogen and oxygen atoms in total. The third-order valence-corrected chi connectivity index (χ3v) is 3.87. The quantitative estimate of drug-likeness (QED) is 0.886. The molecule has 96 valence electrons. The first-order valence-electron chi connectivity index (χ1n) is 6.39. The van der Waals surface area contributed by atoms with Crippen LogP contribution in [-0.2, 0) is 13.0 Å². The van der Waals surface area contributed by atoms with E-state index in [9.17, 15) is 0 Å². The van der Waals surface area contributed by atoms with Crippen LogP contribution < -0.4 is 5.32 Å². The van der Waals surface area contributed by atoms with Gasteiger partial charge in [-0.3, -0.25) is 0 Å². The summed E-state index contributed by atoms with van der Waals surface area (Å²) in [6.45, 7) is 5.31. The number of benzene rings is 1. The van der Waals surface area contributed by atoms with E-state index in [1.165, 1.54) is 21.1 Å². The van der Waals surface area contributed by atoms with Crippen LogP contribution in [0.1, 0.15) is 24.5 Å². The summed E-state index contributed by atoms with van der Waals surface area (Å²) in [5.74, 6) is 0.655. The van der Waals surface area contributed by atoms with Gasteiger partial charge in [-0.05, 0) is 18.5 Å². The van der Waals surface area contributed by atoms with Crippen LogP contribution in [-0.4, -0.2) is 12.0 Å². The smallest absolute Gasteiger partial charge is 0.0937 e. The van der Waals surface area contributed by atoms with Crippen LogP contribution in [0, 0.1) is 5.92 Å². The average Bonchev–Trinajstić information content (AvgIpc) is 2.73. The molecular weight excluding hydrogens is 240 g/mol. The molecule has 1 aromatic heterocycles. The Hall–Kier alpha value is -1.19. The molecule has 0 bridgehead atoms. The highest BCUT2D eigenvalue weighted by molar-refractivity contribution is 7.15. The molecule has 0 amide bonds. The standard InChI is InChI=1S/C15H20N2S/c1-11(2)9-14-17-13(10-16-3)15(18-14)12-7-5-4-6-8-12/h4-8,11,16H,9-10H2,1-3H3. The van der Waals surface area contributed by atoms with E-state index in [0.717, 1.165) is 13.0 Å². The molecule has 2 rings (SSSR count). The molecule has 0 aliphatic rings. The number of rotatable bonds is 5. The minimum atomic E-state index is 0.655. The number of thiazole rings is 1. The van der Waals surface area contributed by atoms with E-state index in [1.54, 1.807) is 0 Å². The van der Waals surface area contributed by atoms with E-state index in [-0.39, 0.29) is 0 Å². The third-order valence-electron chi connectivity index (χ3n) is 2.70. The minimum Gasteiger partial charge on any atom is -0.314 e. The predicted molar refractivity (Wildman–Crippen MR) is 78.9 cm³/mol. The summed E-state index contributed by atoms with van der Waals surface area (Å²) in [6, 6.07) is 10.5. The van der Waals surface area contributed by atoms with Gasteiger partial charge in [0.25, 0.3) is 0 Å². The van der Waals surface area contributed by atoms with E-state index in [0.29, 0.717) is 5.92 Å². The van der Waals surface area contributed by atoms with Gasteiger partial charge in [-0.2, -0.15) is 0 Å². The van der Waals surface area contributed by atoms with Crippen molar-refractivity contribution in [1.82, 2.24) is 10.3 Å². The van der Waals surface area contributed by atoms with E-state index in [1.807, 2.05) is 18.4 Å². The first-order valence-corrected chi connectivity index (χ1v) is 7.21. The second-order valence-corrected chi connectivity index (χ2v) is 5.96. The van der Waals surface area contributed by atoms with Crippen LogP contribution in [0.5, 0.6) is 0 Å². The zero-order valence-electron chi connectivity index (χ0n) is 11.2. The van der Waals surface area contributed by atoms with Crippen molar-refractivity contribution < 1.29 is 0 Å². The SMILES string of the molecule is CNCc1nc(CC(C)C)sc1-c1ccccc1. The lowest BCUT2D eigenvalue weighted by atomic mass is 10.1. The Morgan fingerprint density at radius 1 is 1.22 bits per heavy atom. The van der Waals surface area contributed by atoms with Crippen molar-refractivity contribution in [1.29, 1.82) is 0 Å². The Bertz CT molecular complexity index is 488. The molecule has 0 saturated carbocycles. The fraction of sp³-hybridized carbons (Fsp3) is 0.400. The van der Waals surface area contributed by atoms with Gasteiger partial charge in [0.1, 0.15) is 0 Å². The lowest BCUT2D eigenvalue weighted by Gasteiger charge is -2.00. The second-order valence-electron chi connectivity index (χ2n) is 4.88. The number of nitrogens with zero attached hydrogens (tertiary/aromatic N) is 1. The Kier molecular flexibility index (Phi) is 4.50. The van der Waals surface area contributed by atoms with Gasteiger partial charge in [-0.15, -0.1) is 11.3 Å². The molecule has 0 atom stereocenters. The van der Waals surface area contributed by atoms with Crippen molar-refractivity contribution in [3.8, 4) is 10.4 Å². The summed E-state index contributed by atoms with van der Waals surface area (Å²) < 4.78 is 0. The van der Waals surface area contributed by atoms with Gasteiger partial charge in [-0.25, -0.2) is 4.98 Å². The molecule has 18 heavy (non-hydrogen) atoms. The van der Waals surface area contributed by atoms with Crippen LogP contribution in [0.15, 0.2) is 30.3 Å². The van der Waals surface area contributed by atoms with Gasteiger partial charge in [0.15, 0.2) is 0 Å². The van der Waals surface area contributed by atoms with Crippen LogP contribution in [0.2, 0.25) is 0 Å². The van der Waals surface area contributed by atoms with Gasteiger partial charge in [0, 0.05) is 13.0 Å². The van der Waals surface area contributed by atoms with Crippen molar-refractivity contribution in [2.75, 3.05) is 7.05 Å². The van der Waals surface area contributed by atoms with Crippen LogP contribution >= 0.6 is 11.3 Å². The maximum atomic E-state index is 4.77. The fourth-order valence-electron chi connectivity index (χ4n) is 1.94. The third kappa shape index (κ3) is 3.18. The maximum Gasteiger partial charge on any atom is 0.0937 e. The van der Waals surface area contributed by atoms with E-state index in [4.69, 9.17) is 4.98 Å². The van der Waals surface area contributed by atoms with E-state index < -0.39 is 0 Å². The summed E-state index contributed by atoms with van der Waals surface area (Å²) in [7, 11) is 1.97.